The molecule has 0 saturated heterocycles. The lowest BCUT2D eigenvalue weighted by molar-refractivity contribution is -0.137. The summed E-state index contributed by atoms with van der Waals surface area (Å²) >= 11 is 0. The molecule has 3 aromatic heterocycles. The fraction of sp³-hybridized carbons (Fsp3) is 0.217. The highest BCUT2D eigenvalue weighted by molar-refractivity contribution is 5.98. The number of carbonyl (C=O) groups is 1. The van der Waals surface area contributed by atoms with Gasteiger partial charge in [0, 0.05) is 12.6 Å². The highest BCUT2D eigenvalue weighted by Crippen LogP contribution is 2.31. The van der Waals surface area contributed by atoms with E-state index in [-0.39, 0.29) is 41.3 Å². The van der Waals surface area contributed by atoms with Crippen molar-refractivity contribution >= 4 is 39.3 Å². The van der Waals surface area contributed by atoms with Crippen molar-refractivity contribution in [3.8, 4) is 0 Å². The molecular formula is C23H19F4N7O. The Morgan fingerprint density at radius 1 is 1.14 bits per heavy atom. The number of carbonyl (C=O) groups excluding carboxylic acids is 1. The van der Waals surface area contributed by atoms with E-state index in [9.17, 15) is 18.0 Å². The first kappa shape index (κ1) is 22.6. The lowest BCUT2D eigenvalue weighted by Gasteiger charge is -2.20. The van der Waals surface area contributed by atoms with Gasteiger partial charge in [0.2, 0.25) is 0 Å². The first-order valence-electron chi connectivity index (χ1n) is 10.6. The Morgan fingerprint density at radius 3 is 2.63 bits per heavy atom. The SMILES string of the molecule is CCN(Cc1nc2ccc(C(F)(F)F)cc2[nH]1)C(=O)c1cc2c(cc1F)nc(N)c1cnc(C)n12. The number of alkyl halides is 3. The smallest absolute Gasteiger partial charge is 0.382 e. The Bertz CT molecular complexity index is 1620. The van der Waals surface area contributed by atoms with Crippen LogP contribution < -0.4 is 5.73 Å². The maximum absolute atomic E-state index is 15.0. The van der Waals surface area contributed by atoms with Gasteiger partial charge in [-0.2, -0.15) is 13.2 Å². The Kier molecular flexibility index (Phi) is 5.11. The van der Waals surface area contributed by atoms with Gasteiger partial charge in [-0.15, -0.1) is 0 Å². The molecule has 0 radical (unpaired) electrons. The molecule has 180 valence electrons. The van der Waals surface area contributed by atoms with Crippen molar-refractivity contribution < 1.29 is 22.4 Å². The number of nitrogen functional groups attached to an aromatic ring is 1. The van der Waals surface area contributed by atoms with Gasteiger partial charge in [-0.05, 0) is 38.1 Å². The summed E-state index contributed by atoms with van der Waals surface area (Å²) in [7, 11) is 0. The van der Waals surface area contributed by atoms with Crippen molar-refractivity contribution in [2.75, 3.05) is 12.3 Å². The van der Waals surface area contributed by atoms with Crippen molar-refractivity contribution in [1.29, 1.82) is 0 Å². The normalized spacial score (nSPS) is 12.2. The predicted octanol–water partition coefficient (Wildman–Crippen LogP) is 4.47. The van der Waals surface area contributed by atoms with E-state index in [2.05, 4.69) is 19.9 Å². The van der Waals surface area contributed by atoms with E-state index in [1.54, 1.807) is 24.4 Å². The number of nitrogens with one attached hydrogen (secondary N) is 1. The third-order valence-corrected chi connectivity index (χ3v) is 5.84. The van der Waals surface area contributed by atoms with Crippen LogP contribution in [0.1, 0.15) is 34.5 Å². The van der Waals surface area contributed by atoms with Crippen molar-refractivity contribution in [3.63, 3.8) is 0 Å². The molecule has 0 aliphatic rings. The summed E-state index contributed by atoms with van der Waals surface area (Å²) in [4.78, 5) is 30.2. The Labute approximate surface area is 195 Å². The van der Waals surface area contributed by atoms with Gasteiger partial charge in [0.05, 0.1) is 45.9 Å². The van der Waals surface area contributed by atoms with Crippen molar-refractivity contribution in [2.45, 2.75) is 26.6 Å². The van der Waals surface area contributed by atoms with E-state index in [1.165, 1.54) is 17.0 Å². The number of aromatic amines is 1. The quantitative estimate of drug-likeness (QED) is 0.366. The summed E-state index contributed by atoms with van der Waals surface area (Å²) in [6.07, 6.45) is -2.94. The largest absolute Gasteiger partial charge is 0.416 e. The number of hydrogen-bond acceptors (Lipinski definition) is 5. The van der Waals surface area contributed by atoms with E-state index in [4.69, 9.17) is 5.73 Å². The number of benzene rings is 2. The molecule has 2 aromatic carbocycles. The summed E-state index contributed by atoms with van der Waals surface area (Å²) in [5, 5.41) is 0. The zero-order chi connectivity index (χ0) is 25.1. The molecule has 8 nitrogen and oxygen atoms in total. The van der Waals surface area contributed by atoms with Gasteiger partial charge in [0.15, 0.2) is 0 Å². The third-order valence-electron chi connectivity index (χ3n) is 5.84. The van der Waals surface area contributed by atoms with Crippen LogP contribution in [0.4, 0.5) is 23.4 Å². The summed E-state index contributed by atoms with van der Waals surface area (Å²) in [6.45, 7) is 3.62. The van der Waals surface area contributed by atoms with Crippen LogP contribution in [0.15, 0.2) is 36.5 Å². The lowest BCUT2D eigenvalue weighted by atomic mass is 10.1. The zero-order valence-corrected chi connectivity index (χ0v) is 18.6. The molecule has 0 bridgehead atoms. The molecule has 1 amide bonds. The fourth-order valence-electron chi connectivity index (χ4n) is 4.09. The molecule has 0 spiro atoms. The van der Waals surface area contributed by atoms with Gasteiger partial charge in [0.25, 0.3) is 5.91 Å². The van der Waals surface area contributed by atoms with Crippen LogP contribution >= 0.6 is 0 Å². The number of imidazole rings is 2. The van der Waals surface area contributed by atoms with Crippen LogP contribution in [0.25, 0.3) is 27.6 Å². The number of fused-ring (bicyclic) bond motifs is 4. The van der Waals surface area contributed by atoms with Crippen molar-refractivity contribution in [1.82, 2.24) is 29.2 Å². The molecule has 5 rings (SSSR count). The van der Waals surface area contributed by atoms with Gasteiger partial charge >= 0.3 is 6.18 Å². The van der Waals surface area contributed by atoms with Gasteiger partial charge in [-0.1, -0.05) is 0 Å². The second-order valence-electron chi connectivity index (χ2n) is 8.08. The first-order valence-corrected chi connectivity index (χ1v) is 10.6. The molecule has 3 heterocycles. The maximum Gasteiger partial charge on any atom is 0.416 e. The third kappa shape index (κ3) is 3.80. The molecule has 5 aromatic rings. The minimum absolute atomic E-state index is 0.0532. The summed E-state index contributed by atoms with van der Waals surface area (Å²) in [5.74, 6) is -0.323. The zero-order valence-electron chi connectivity index (χ0n) is 18.6. The van der Waals surface area contributed by atoms with Crippen LogP contribution in [0.5, 0.6) is 0 Å². The monoisotopic (exact) mass is 485 g/mol. The Balaban J connectivity index is 1.51. The molecule has 3 N–H and O–H groups in total. The minimum atomic E-state index is -4.49. The molecule has 0 aliphatic carbocycles. The Hall–Kier alpha value is -4.22. The molecule has 0 atom stereocenters. The average molecular weight is 485 g/mol. The molecule has 0 unspecified atom stereocenters. The molecule has 0 saturated carbocycles. The van der Waals surface area contributed by atoms with E-state index in [0.717, 1.165) is 18.2 Å². The fourth-order valence-corrected chi connectivity index (χ4v) is 4.09. The van der Waals surface area contributed by atoms with Gasteiger partial charge in [-0.25, -0.2) is 19.3 Å². The number of aromatic nitrogens is 5. The first-order chi connectivity index (χ1) is 16.6. The average Bonchev–Trinajstić information content (AvgIpc) is 3.39. The number of H-pyrrole nitrogens is 1. The summed E-state index contributed by atoms with van der Waals surface area (Å²) < 4.78 is 55.7. The number of halogens is 4. The van der Waals surface area contributed by atoms with Crippen molar-refractivity contribution in [2.24, 2.45) is 0 Å². The summed E-state index contributed by atoms with van der Waals surface area (Å²) in [5.41, 5.74) is 6.76. The number of nitrogens with zero attached hydrogens (tertiary/aromatic N) is 5. The number of rotatable bonds is 4. The van der Waals surface area contributed by atoms with Gasteiger partial charge in [-0.3, -0.25) is 9.20 Å². The predicted molar refractivity (Wildman–Crippen MR) is 121 cm³/mol. The minimum Gasteiger partial charge on any atom is -0.382 e. The standard InChI is InChI=1S/C23H19F4N7O/c1-3-33(10-20-30-15-5-4-12(23(25,26)27)6-16(15)31-20)22(35)13-7-18-17(8-14(13)24)32-21(28)19-9-29-11(2)34(18)19/h4-9H,3,10H2,1-2H3,(H2,28,32)(H,30,31). The van der Waals surface area contributed by atoms with Crippen LogP contribution in [-0.2, 0) is 12.7 Å². The number of anilines is 1. The van der Waals surface area contributed by atoms with Gasteiger partial charge in [0.1, 0.15) is 28.8 Å². The maximum atomic E-state index is 15.0. The van der Waals surface area contributed by atoms with E-state index >= 15 is 4.39 Å². The van der Waals surface area contributed by atoms with Crippen LogP contribution in [-0.4, -0.2) is 41.7 Å². The van der Waals surface area contributed by atoms with Crippen molar-refractivity contribution in [3.05, 3.63) is 65.1 Å². The Morgan fingerprint density at radius 2 is 1.91 bits per heavy atom. The van der Waals surface area contributed by atoms with E-state index < -0.39 is 23.5 Å². The summed E-state index contributed by atoms with van der Waals surface area (Å²) in [6, 6.07) is 5.71. The highest BCUT2D eigenvalue weighted by Gasteiger charge is 2.31. The molecular weight excluding hydrogens is 466 g/mol. The number of hydrogen-bond donors (Lipinski definition) is 2. The number of amides is 1. The van der Waals surface area contributed by atoms with Crippen LogP contribution in [0.2, 0.25) is 0 Å². The van der Waals surface area contributed by atoms with E-state index in [1.807, 2.05) is 0 Å². The van der Waals surface area contributed by atoms with Crippen LogP contribution in [0.3, 0.4) is 0 Å². The highest BCUT2D eigenvalue weighted by atomic mass is 19.4. The second-order valence-corrected chi connectivity index (χ2v) is 8.08. The topological polar surface area (TPSA) is 105 Å². The lowest BCUT2D eigenvalue weighted by Crippen LogP contribution is -2.31. The number of aryl methyl sites for hydroxylation is 1. The molecule has 12 heteroatoms. The molecule has 0 fully saturated rings. The van der Waals surface area contributed by atoms with Crippen LogP contribution in [0, 0.1) is 12.7 Å². The second kappa shape index (κ2) is 7.93. The number of nitrogens with two attached hydrogens (primary N) is 1. The van der Waals surface area contributed by atoms with Gasteiger partial charge < -0.3 is 15.6 Å². The molecule has 35 heavy (non-hydrogen) atoms. The van der Waals surface area contributed by atoms with E-state index in [0.29, 0.717) is 22.4 Å². The molecule has 0 aliphatic heterocycles.